The third-order valence-electron chi connectivity index (χ3n) is 2.86. The number of benzene rings is 2. The number of halogens is 2. The molecule has 0 radical (unpaired) electrons. The van der Waals surface area contributed by atoms with Crippen molar-refractivity contribution in [1.29, 1.82) is 0 Å². The second kappa shape index (κ2) is 6.69. The van der Waals surface area contributed by atoms with Gasteiger partial charge in [-0.3, -0.25) is 0 Å². The Morgan fingerprint density at radius 1 is 1.05 bits per heavy atom. The molecule has 0 spiro atoms. The Morgan fingerprint density at radius 2 is 1.71 bits per heavy atom. The Kier molecular flexibility index (Phi) is 4.71. The molecule has 0 aromatic heterocycles. The SMILES string of the molecule is CNC(=O)Nc1ccc(NCc2cc(F)ccc2F)cc1. The second-order valence-electron chi connectivity index (χ2n) is 4.37. The minimum atomic E-state index is -0.474. The van der Waals surface area contributed by atoms with Crippen LogP contribution in [0.3, 0.4) is 0 Å². The molecule has 3 N–H and O–H groups in total. The van der Waals surface area contributed by atoms with Crippen LogP contribution in [0, 0.1) is 11.6 Å². The summed E-state index contributed by atoms with van der Waals surface area (Å²) in [6, 6.07) is 9.92. The lowest BCUT2D eigenvalue weighted by Gasteiger charge is -2.09. The molecule has 2 aromatic carbocycles. The Morgan fingerprint density at radius 3 is 2.38 bits per heavy atom. The summed E-state index contributed by atoms with van der Waals surface area (Å²) in [6.07, 6.45) is 0. The first-order valence-corrected chi connectivity index (χ1v) is 6.35. The van der Waals surface area contributed by atoms with E-state index in [1.807, 2.05) is 0 Å². The molecule has 0 saturated heterocycles. The summed E-state index contributed by atoms with van der Waals surface area (Å²) in [5, 5.41) is 8.05. The van der Waals surface area contributed by atoms with Crippen molar-refractivity contribution in [1.82, 2.24) is 5.32 Å². The first-order chi connectivity index (χ1) is 10.1. The predicted molar refractivity (Wildman–Crippen MR) is 78.2 cm³/mol. The molecule has 0 aliphatic heterocycles. The molecule has 0 aliphatic carbocycles. The van der Waals surface area contributed by atoms with Crippen LogP contribution >= 0.6 is 0 Å². The fraction of sp³-hybridized carbons (Fsp3) is 0.133. The average Bonchev–Trinajstić information content (AvgIpc) is 2.49. The minimum Gasteiger partial charge on any atom is -0.381 e. The lowest BCUT2D eigenvalue weighted by atomic mass is 10.2. The number of hydrogen-bond acceptors (Lipinski definition) is 2. The normalized spacial score (nSPS) is 10.0. The lowest BCUT2D eigenvalue weighted by Crippen LogP contribution is -2.24. The maximum Gasteiger partial charge on any atom is 0.318 e. The summed E-state index contributed by atoms with van der Waals surface area (Å²) in [5.74, 6) is -0.930. The van der Waals surface area contributed by atoms with Gasteiger partial charge in [0.1, 0.15) is 11.6 Å². The highest BCUT2D eigenvalue weighted by Gasteiger charge is 2.04. The number of carbonyl (C=O) groups is 1. The van der Waals surface area contributed by atoms with E-state index in [0.717, 1.165) is 23.9 Å². The molecular weight excluding hydrogens is 276 g/mol. The predicted octanol–water partition coefficient (Wildman–Crippen LogP) is 3.33. The van der Waals surface area contributed by atoms with Crippen molar-refractivity contribution < 1.29 is 13.6 Å². The lowest BCUT2D eigenvalue weighted by molar-refractivity contribution is 0.254. The molecule has 2 aromatic rings. The summed E-state index contributed by atoms with van der Waals surface area (Å²) >= 11 is 0. The Hall–Kier alpha value is -2.63. The summed E-state index contributed by atoms with van der Waals surface area (Å²) in [7, 11) is 1.53. The van der Waals surface area contributed by atoms with Crippen molar-refractivity contribution in [3.05, 3.63) is 59.7 Å². The van der Waals surface area contributed by atoms with Gasteiger partial charge in [-0.2, -0.15) is 0 Å². The highest BCUT2D eigenvalue weighted by atomic mass is 19.1. The van der Waals surface area contributed by atoms with Gasteiger partial charge in [0.15, 0.2) is 0 Å². The van der Waals surface area contributed by atoms with Crippen molar-refractivity contribution in [2.75, 3.05) is 17.7 Å². The van der Waals surface area contributed by atoms with Crippen molar-refractivity contribution in [3.63, 3.8) is 0 Å². The Bertz CT molecular complexity index is 629. The number of carbonyl (C=O) groups excluding carboxylic acids is 1. The van der Waals surface area contributed by atoms with Crippen LogP contribution in [0.5, 0.6) is 0 Å². The van der Waals surface area contributed by atoms with Crippen LogP contribution in [0.1, 0.15) is 5.56 Å². The van der Waals surface area contributed by atoms with Gasteiger partial charge in [-0.05, 0) is 42.5 Å². The topological polar surface area (TPSA) is 53.2 Å². The van der Waals surface area contributed by atoms with Gasteiger partial charge in [0, 0.05) is 30.5 Å². The minimum absolute atomic E-state index is 0.172. The number of amides is 2. The maximum absolute atomic E-state index is 13.5. The molecular formula is C15H15F2N3O. The number of anilines is 2. The molecule has 4 nitrogen and oxygen atoms in total. The van der Waals surface area contributed by atoms with Crippen LogP contribution < -0.4 is 16.0 Å². The monoisotopic (exact) mass is 291 g/mol. The number of rotatable bonds is 4. The van der Waals surface area contributed by atoms with Gasteiger partial charge in [0.05, 0.1) is 0 Å². The fourth-order valence-electron chi connectivity index (χ4n) is 1.74. The van der Waals surface area contributed by atoms with Gasteiger partial charge in [-0.25, -0.2) is 13.6 Å². The van der Waals surface area contributed by atoms with E-state index >= 15 is 0 Å². The van der Waals surface area contributed by atoms with E-state index in [1.54, 1.807) is 24.3 Å². The van der Waals surface area contributed by atoms with Gasteiger partial charge in [-0.15, -0.1) is 0 Å². The van der Waals surface area contributed by atoms with Crippen LogP contribution in [0.2, 0.25) is 0 Å². The largest absolute Gasteiger partial charge is 0.381 e. The molecule has 0 unspecified atom stereocenters. The highest BCUT2D eigenvalue weighted by Crippen LogP contribution is 2.16. The molecule has 0 aliphatic rings. The van der Waals surface area contributed by atoms with Gasteiger partial charge < -0.3 is 16.0 Å². The molecule has 21 heavy (non-hydrogen) atoms. The number of nitrogens with one attached hydrogen (secondary N) is 3. The zero-order chi connectivity index (χ0) is 15.2. The molecule has 6 heteroatoms. The van der Waals surface area contributed by atoms with Crippen LogP contribution in [-0.2, 0) is 6.54 Å². The van der Waals surface area contributed by atoms with Gasteiger partial charge >= 0.3 is 6.03 Å². The van der Waals surface area contributed by atoms with Gasteiger partial charge in [0.2, 0.25) is 0 Å². The number of urea groups is 1. The quantitative estimate of drug-likeness (QED) is 0.809. The summed E-state index contributed by atoms with van der Waals surface area (Å²) in [4.78, 5) is 11.1. The summed E-state index contributed by atoms with van der Waals surface area (Å²) < 4.78 is 26.5. The molecule has 0 atom stereocenters. The third kappa shape index (κ3) is 4.17. The fourth-order valence-corrected chi connectivity index (χ4v) is 1.74. The maximum atomic E-state index is 13.5. The van der Waals surface area contributed by atoms with Crippen LogP contribution in [0.25, 0.3) is 0 Å². The van der Waals surface area contributed by atoms with E-state index in [0.29, 0.717) is 5.69 Å². The molecule has 0 heterocycles. The van der Waals surface area contributed by atoms with E-state index in [9.17, 15) is 13.6 Å². The van der Waals surface area contributed by atoms with Crippen LogP contribution in [0.4, 0.5) is 25.0 Å². The second-order valence-corrected chi connectivity index (χ2v) is 4.37. The molecule has 0 bridgehead atoms. The van der Waals surface area contributed by atoms with Crippen molar-refractivity contribution in [3.8, 4) is 0 Å². The van der Waals surface area contributed by atoms with E-state index in [-0.39, 0.29) is 18.1 Å². The molecule has 2 rings (SSSR count). The molecule has 110 valence electrons. The Labute approximate surface area is 121 Å². The zero-order valence-electron chi connectivity index (χ0n) is 11.4. The standard InChI is InChI=1S/C15H15F2N3O/c1-18-15(21)20-13-5-3-12(4-6-13)19-9-10-8-11(16)2-7-14(10)17/h2-8,19H,9H2,1H3,(H2,18,20,21). The van der Waals surface area contributed by atoms with E-state index in [1.165, 1.54) is 7.05 Å². The first-order valence-electron chi connectivity index (χ1n) is 6.35. The van der Waals surface area contributed by atoms with Crippen molar-refractivity contribution >= 4 is 17.4 Å². The Balaban J connectivity index is 1.97. The van der Waals surface area contributed by atoms with Crippen LogP contribution in [-0.4, -0.2) is 13.1 Å². The molecule has 0 fully saturated rings. The number of hydrogen-bond donors (Lipinski definition) is 3. The van der Waals surface area contributed by atoms with Gasteiger partial charge in [0.25, 0.3) is 0 Å². The summed E-state index contributed by atoms with van der Waals surface area (Å²) in [5.41, 5.74) is 1.63. The highest BCUT2D eigenvalue weighted by molar-refractivity contribution is 5.89. The molecule has 0 saturated carbocycles. The average molecular weight is 291 g/mol. The van der Waals surface area contributed by atoms with Gasteiger partial charge in [-0.1, -0.05) is 0 Å². The first kappa shape index (κ1) is 14.8. The summed E-state index contributed by atoms with van der Waals surface area (Å²) in [6.45, 7) is 0.172. The molecule has 2 amide bonds. The van der Waals surface area contributed by atoms with Crippen molar-refractivity contribution in [2.24, 2.45) is 0 Å². The third-order valence-corrected chi connectivity index (χ3v) is 2.86. The van der Waals surface area contributed by atoms with Crippen LogP contribution in [0.15, 0.2) is 42.5 Å². The van der Waals surface area contributed by atoms with E-state index in [2.05, 4.69) is 16.0 Å². The smallest absolute Gasteiger partial charge is 0.318 e. The zero-order valence-corrected chi connectivity index (χ0v) is 11.4. The van der Waals surface area contributed by atoms with E-state index < -0.39 is 11.6 Å². The van der Waals surface area contributed by atoms with E-state index in [4.69, 9.17) is 0 Å². The van der Waals surface area contributed by atoms with Crippen molar-refractivity contribution in [2.45, 2.75) is 6.54 Å².